The Morgan fingerprint density at radius 1 is 1.29 bits per heavy atom. The highest BCUT2D eigenvalue weighted by Crippen LogP contribution is 2.29. The van der Waals surface area contributed by atoms with E-state index >= 15 is 0 Å². The summed E-state index contributed by atoms with van der Waals surface area (Å²) in [6.07, 6.45) is 2.57. The summed E-state index contributed by atoms with van der Waals surface area (Å²) in [7, 11) is 0. The molecule has 1 aliphatic heterocycles. The lowest BCUT2D eigenvalue weighted by Crippen LogP contribution is -2.57. The summed E-state index contributed by atoms with van der Waals surface area (Å²) >= 11 is 0. The topological polar surface area (TPSA) is 26.7 Å². The number of likely N-dealkylation sites (tertiary alicyclic amines) is 1. The zero-order chi connectivity index (χ0) is 13.1. The minimum atomic E-state index is 0.270. The van der Waals surface area contributed by atoms with Crippen molar-refractivity contribution in [3.8, 4) is 0 Å². The van der Waals surface area contributed by atoms with Gasteiger partial charge in [0.25, 0.3) is 0 Å². The molecule has 0 aromatic carbocycles. The van der Waals surface area contributed by atoms with Gasteiger partial charge in [-0.2, -0.15) is 0 Å². The van der Waals surface area contributed by atoms with Crippen LogP contribution in [-0.4, -0.2) is 58.8 Å². The third-order valence-electron chi connectivity index (χ3n) is 3.87. The Morgan fingerprint density at radius 2 is 1.94 bits per heavy atom. The molecule has 3 nitrogen and oxygen atoms in total. The predicted octanol–water partition coefficient (Wildman–Crippen LogP) is 1.95. The predicted molar refractivity (Wildman–Crippen MR) is 73.3 cm³/mol. The van der Waals surface area contributed by atoms with Gasteiger partial charge in [-0.05, 0) is 54.0 Å². The Kier molecular flexibility index (Phi) is 5.42. The van der Waals surface area contributed by atoms with E-state index in [0.29, 0.717) is 11.6 Å². The summed E-state index contributed by atoms with van der Waals surface area (Å²) in [5.74, 6) is 0. The molecular formula is C14H30N2O. The zero-order valence-electron chi connectivity index (χ0n) is 12.2. The van der Waals surface area contributed by atoms with Crippen molar-refractivity contribution < 1.29 is 5.11 Å². The third kappa shape index (κ3) is 4.23. The van der Waals surface area contributed by atoms with Crippen LogP contribution < -0.4 is 0 Å². The number of aliphatic hydroxyl groups is 1. The van der Waals surface area contributed by atoms with Gasteiger partial charge in [0.15, 0.2) is 0 Å². The summed E-state index contributed by atoms with van der Waals surface area (Å²) < 4.78 is 0. The normalized spacial score (nSPS) is 22.2. The van der Waals surface area contributed by atoms with Gasteiger partial charge < -0.3 is 5.11 Å². The lowest BCUT2D eigenvalue weighted by atomic mass is 9.91. The summed E-state index contributed by atoms with van der Waals surface area (Å²) in [5, 5.41) is 9.05. The van der Waals surface area contributed by atoms with Gasteiger partial charge in [-0.1, -0.05) is 0 Å². The largest absolute Gasteiger partial charge is 0.395 e. The molecule has 0 radical (unpaired) electrons. The molecule has 1 unspecified atom stereocenters. The van der Waals surface area contributed by atoms with Crippen LogP contribution in [0, 0.1) is 0 Å². The molecule has 17 heavy (non-hydrogen) atoms. The first-order valence-corrected chi connectivity index (χ1v) is 6.98. The van der Waals surface area contributed by atoms with Crippen molar-refractivity contribution in [3.05, 3.63) is 0 Å². The molecule has 1 atom stereocenters. The summed E-state index contributed by atoms with van der Waals surface area (Å²) in [5.41, 5.74) is 0.308. The van der Waals surface area contributed by atoms with Crippen LogP contribution >= 0.6 is 0 Å². The van der Waals surface area contributed by atoms with Crippen LogP contribution in [0.1, 0.15) is 47.5 Å². The summed E-state index contributed by atoms with van der Waals surface area (Å²) in [4.78, 5) is 4.98. The molecule has 0 aliphatic carbocycles. The van der Waals surface area contributed by atoms with Crippen LogP contribution in [0.4, 0.5) is 0 Å². The van der Waals surface area contributed by atoms with Crippen molar-refractivity contribution in [3.63, 3.8) is 0 Å². The molecule has 1 aliphatic rings. The van der Waals surface area contributed by atoms with Crippen LogP contribution in [0.5, 0.6) is 0 Å². The van der Waals surface area contributed by atoms with Gasteiger partial charge in [0.1, 0.15) is 0 Å². The van der Waals surface area contributed by atoms with Gasteiger partial charge in [-0.25, -0.2) is 0 Å². The van der Waals surface area contributed by atoms with Crippen LogP contribution in [0.25, 0.3) is 0 Å². The molecule has 1 heterocycles. The minimum absolute atomic E-state index is 0.270. The fourth-order valence-electron chi connectivity index (χ4n) is 2.70. The Bertz CT molecular complexity index is 223. The SMILES string of the molecule is CC(C)N(CCO)CCC1CCN1C(C)(C)C. The van der Waals surface area contributed by atoms with E-state index in [4.69, 9.17) is 5.11 Å². The van der Waals surface area contributed by atoms with E-state index in [1.807, 2.05) is 0 Å². The summed E-state index contributed by atoms with van der Waals surface area (Å²) in [6.45, 7) is 14.7. The van der Waals surface area contributed by atoms with Gasteiger partial charge >= 0.3 is 0 Å². The van der Waals surface area contributed by atoms with E-state index in [-0.39, 0.29) is 6.61 Å². The maximum atomic E-state index is 9.05. The lowest BCUT2D eigenvalue weighted by molar-refractivity contribution is -0.00897. The molecule has 1 N–H and O–H groups in total. The first-order valence-electron chi connectivity index (χ1n) is 6.98. The number of nitrogens with zero attached hydrogens (tertiary/aromatic N) is 2. The molecule has 0 aromatic heterocycles. The van der Waals surface area contributed by atoms with Gasteiger partial charge in [-0.15, -0.1) is 0 Å². The van der Waals surface area contributed by atoms with E-state index < -0.39 is 0 Å². The Balaban J connectivity index is 2.35. The van der Waals surface area contributed by atoms with E-state index in [1.54, 1.807) is 0 Å². The van der Waals surface area contributed by atoms with Crippen molar-refractivity contribution in [1.29, 1.82) is 0 Å². The van der Waals surface area contributed by atoms with Gasteiger partial charge in [0, 0.05) is 30.7 Å². The van der Waals surface area contributed by atoms with E-state index in [1.165, 1.54) is 19.4 Å². The van der Waals surface area contributed by atoms with Gasteiger partial charge in [0.2, 0.25) is 0 Å². The molecule has 0 saturated carbocycles. The average Bonchev–Trinajstić information content (AvgIpc) is 2.11. The van der Waals surface area contributed by atoms with Crippen molar-refractivity contribution in [1.82, 2.24) is 9.80 Å². The van der Waals surface area contributed by atoms with E-state index in [9.17, 15) is 0 Å². The second kappa shape index (κ2) is 6.17. The highest BCUT2D eigenvalue weighted by atomic mass is 16.3. The van der Waals surface area contributed by atoms with E-state index in [0.717, 1.165) is 19.1 Å². The maximum Gasteiger partial charge on any atom is 0.0558 e. The lowest BCUT2D eigenvalue weighted by Gasteiger charge is -2.50. The molecule has 3 heteroatoms. The number of aliphatic hydroxyl groups excluding tert-OH is 1. The zero-order valence-corrected chi connectivity index (χ0v) is 12.2. The van der Waals surface area contributed by atoms with Gasteiger partial charge in [-0.3, -0.25) is 9.80 Å². The second-order valence-corrected chi connectivity index (χ2v) is 6.45. The third-order valence-corrected chi connectivity index (χ3v) is 3.87. The Labute approximate surface area is 107 Å². The highest BCUT2D eigenvalue weighted by molar-refractivity contribution is 4.91. The van der Waals surface area contributed by atoms with Crippen molar-refractivity contribution in [2.75, 3.05) is 26.2 Å². The number of hydrogen-bond acceptors (Lipinski definition) is 3. The quantitative estimate of drug-likeness (QED) is 0.771. The second-order valence-electron chi connectivity index (χ2n) is 6.45. The van der Waals surface area contributed by atoms with Crippen molar-refractivity contribution >= 4 is 0 Å². The molecule has 0 bridgehead atoms. The highest BCUT2D eigenvalue weighted by Gasteiger charge is 2.35. The summed E-state index contributed by atoms with van der Waals surface area (Å²) in [6, 6.07) is 1.28. The molecule has 0 amide bonds. The smallest absolute Gasteiger partial charge is 0.0558 e. The molecule has 1 rings (SSSR count). The van der Waals surface area contributed by atoms with Crippen LogP contribution in [0.3, 0.4) is 0 Å². The molecular weight excluding hydrogens is 212 g/mol. The monoisotopic (exact) mass is 242 g/mol. The molecule has 102 valence electrons. The standard InChI is InChI=1S/C14H30N2O/c1-12(2)15(10-11-17)8-6-13-7-9-16(13)14(3,4)5/h12-13,17H,6-11H2,1-5H3. The van der Waals surface area contributed by atoms with Crippen molar-refractivity contribution in [2.24, 2.45) is 0 Å². The van der Waals surface area contributed by atoms with Crippen LogP contribution in [-0.2, 0) is 0 Å². The fraction of sp³-hybridized carbons (Fsp3) is 1.00. The van der Waals surface area contributed by atoms with Crippen LogP contribution in [0.2, 0.25) is 0 Å². The van der Waals surface area contributed by atoms with E-state index in [2.05, 4.69) is 44.4 Å². The maximum absolute atomic E-state index is 9.05. The van der Waals surface area contributed by atoms with Gasteiger partial charge in [0.05, 0.1) is 6.61 Å². The molecule has 0 aromatic rings. The number of rotatable bonds is 6. The molecule has 1 saturated heterocycles. The number of hydrogen-bond donors (Lipinski definition) is 1. The Morgan fingerprint density at radius 3 is 2.29 bits per heavy atom. The minimum Gasteiger partial charge on any atom is -0.395 e. The molecule has 1 fully saturated rings. The first-order chi connectivity index (χ1) is 7.86. The van der Waals surface area contributed by atoms with Crippen LogP contribution in [0.15, 0.2) is 0 Å². The average molecular weight is 242 g/mol. The fourth-order valence-corrected chi connectivity index (χ4v) is 2.70. The van der Waals surface area contributed by atoms with Crippen molar-refractivity contribution in [2.45, 2.75) is 65.1 Å². The molecule has 0 spiro atoms. The Hall–Kier alpha value is -0.120. The first kappa shape index (κ1) is 14.9.